The lowest BCUT2D eigenvalue weighted by Gasteiger charge is -2.21. The van der Waals surface area contributed by atoms with Crippen molar-refractivity contribution in [2.45, 2.75) is 32.8 Å². The summed E-state index contributed by atoms with van der Waals surface area (Å²) in [5.74, 6) is 0.672. The number of carbonyl (C=O) groups is 2. The van der Waals surface area contributed by atoms with Crippen LogP contribution in [0.25, 0.3) is 0 Å². The minimum atomic E-state index is -0.485. The Morgan fingerprint density at radius 1 is 1.16 bits per heavy atom. The van der Waals surface area contributed by atoms with E-state index in [1.807, 2.05) is 4.90 Å². The third-order valence-corrected chi connectivity index (χ3v) is 3.34. The second-order valence-electron chi connectivity index (χ2n) is 4.87. The van der Waals surface area contributed by atoms with E-state index in [1.165, 1.54) is 6.92 Å². The molecular weight excluding hydrogens is 242 g/mol. The standard InChI is InChI=1S/C15H19NO3/c1-11(17)13-5-7-14(8-6-13)19-12(2)15(18)16-9-3-4-10-16/h5-8,12H,3-4,9-10H2,1-2H3. The van der Waals surface area contributed by atoms with Crippen molar-refractivity contribution in [3.05, 3.63) is 29.8 Å². The molecule has 1 aromatic rings. The lowest BCUT2D eigenvalue weighted by Crippen LogP contribution is -2.38. The van der Waals surface area contributed by atoms with Crippen LogP contribution in [0.5, 0.6) is 5.75 Å². The van der Waals surface area contributed by atoms with Gasteiger partial charge in [-0.2, -0.15) is 0 Å². The molecule has 0 N–H and O–H groups in total. The number of amides is 1. The van der Waals surface area contributed by atoms with Gasteiger partial charge < -0.3 is 9.64 Å². The normalized spacial score (nSPS) is 16.2. The number of ether oxygens (including phenoxy) is 1. The van der Waals surface area contributed by atoms with Gasteiger partial charge in [-0.1, -0.05) is 0 Å². The van der Waals surface area contributed by atoms with Gasteiger partial charge in [-0.3, -0.25) is 9.59 Å². The van der Waals surface area contributed by atoms with E-state index in [1.54, 1.807) is 31.2 Å². The van der Waals surface area contributed by atoms with Crippen molar-refractivity contribution in [3.8, 4) is 5.75 Å². The van der Waals surface area contributed by atoms with Gasteiger partial charge >= 0.3 is 0 Å². The van der Waals surface area contributed by atoms with E-state index in [4.69, 9.17) is 4.74 Å². The summed E-state index contributed by atoms with van der Waals surface area (Å²) in [5.41, 5.74) is 0.644. The van der Waals surface area contributed by atoms with E-state index in [-0.39, 0.29) is 11.7 Å². The Kier molecular flexibility index (Phi) is 4.20. The zero-order chi connectivity index (χ0) is 13.8. The fourth-order valence-corrected chi connectivity index (χ4v) is 2.22. The molecule has 0 radical (unpaired) electrons. The van der Waals surface area contributed by atoms with Crippen LogP contribution in [0.2, 0.25) is 0 Å². The minimum absolute atomic E-state index is 0.0211. The quantitative estimate of drug-likeness (QED) is 0.781. The first-order chi connectivity index (χ1) is 9.08. The Bertz CT molecular complexity index is 461. The number of carbonyl (C=O) groups excluding carboxylic acids is 2. The van der Waals surface area contributed by atoms with Crippen molar-refractivity contribution < 1.29 is 14.3 Å². The van der Waals surface area contributed by atoms with Gasteiger partial charge in [0.25, 0.3) is 5.91 Å². The average molecular weight is 261 g/mol. The van der Waals surface area contributed by atoms with Gasteiger partial charge in [0, 0.05) is 18.7 Å². The second-order valence-corrected chi connectivity index (χ2v) is 4.87. The van der Waals surface area contributed by atoms with E-state index < -0.39 is 6.10 Å². The van der Waals surface area contributed by atoms with Crippen LogP contribution in [-0.2, 0) is 4.79 Å². The number of hydrogen-bond donors (Lipinski definition) is 0. The molecule has 1 saturated heterocycles. The van der Waals surface area contributed by atoms with Gasteiger partial charge in [-0.25, -0.2) is 0 Å². The largest absolute Gasteiger partial charge is 0.481 e. The van der Waals surface area contributed by atoms with Crippen molar-refractivity contribution in [3.63, 3.8) is 0 Å². The molecule has 1 aliphatic rings. The van der Waals surface area contributed by atoms with Gasteiger partial charge in [-0.15, -0.1) is 0 Å². The van der Waals surface area contributed by atoms with Crippen LogP contribution in [0.1, 0.15) is 37.0 Å². The molecule has 1 heterocycles. The van der Waals surface area contributed by atoms with Crippen molar-refractivity contribution in [2.75, 3.05) is 13.1 Å². The number of ketones is 1. The summed E-state index contributed by atoms with van der Waals surface area (Å²) in [6.45, 7) is 4.94. The van der Waals surface area contributed by atoms with Crippen molar-refractivity contribution >= 4 is 11.7 Å². The first-order valence-corrected chi connectivity index (χ1v) is 6.64. The summed E-state index contributed by atoms with van der Waals surface area (Å²) in [6.07, 6.45) is 1.67. The van der Waals surface area contributed by atoms with E-state index in [2.05, 4.69) is 0 Å². The first-order valence-electron chi connectivity index (χ1n) is 6.64. The highest BCUT2D eigenvalue weighted by molar-refractivity contribution is 5.94. The van der Waals surface area contributed by atoms with E-state index in [9.17, 15) is 9.59 Å². The molecule has 0 aliphatic carbocycles. The van der Waals surface area contributed by atoms with Gasteiger partial charge in [0.05, 0.1) is 0 Å². The number of nitrogens with zero attached hydrogens (tertiary/aromatic N) is 1. The van der Waals surface area contributed by atoms with Gasteiger partial charge in [0.2, 0.25) is 0 Å². The Morgan fingerprint density at radius 3 is 2.26 bits per heavy atom. The average Bonchev–Trinajstić information content (AvgIpc) is 2.92. The maximum atomic E-state index is 12.1. The summed E-state index contributed by atoms with van der Waals surface area (Å²) in [4.78, 5) is 25.1. The molecule has 0 spiro atoms. The molecule has 0 aromatic heterocycles. The van der Waals surface area contributed by atoms with E-state index >= 15 is 0 Å². The molecule has 2 rings (SSSR count). The molecule has 0 saturated carbocycles. The van der Waals surface area contributed by atoms with Crippen LogP contribution in [0.4, 0.5) is 0 Å². The van der Waals surface area contributed by atoms with Crippen LogP contribution < -0.4 is 4.74 Å². The number of likely N-dealkylation sites (tertiary alicyclic amines) is 1. The zero-order valence-corrected chi connectivity index (χ0v) is 11.4. The third-order valence-electron chi connectivity index (χ3n) is 3.34. The molecule has 1 amide bonds. The Labute approximate surface area is 113 Å². The summed E-state index contributed by atoms with van der Waals surface area (Å²) >= 11 is 0. The number of Topliss-reactive ketones (excluding diaryl/α,β-unsaturated/α-hetero) is 1. The smallest absolute Gasteiger partial charge is 0.263 e. The Balaban J connectivity index is 1.96. The molecule has 0 bridgehead atoms. The van der Waals surface area contributed by atoms with Crippen LogP contribution >= 0.6 is 0 Å². The first kappa shape index (κ1) is 13.6. The number of benzene rings is 1. The summed E-state index contributed by atoms with van der Waals surface area (Å²) in [7, 11) is 0. The molecule has 4 nitrogen and oxygen atoms in total. The van der Waals surface area contributed by atoms with Crippen LogP contribution in [0, 0.1) is 0 Å². The maximum Gasteiger partial charge on any atom is 0.263 e. The Hall–Kier alpha value is -1.84. The third kappa shape index (κ3) is 3.34. The lowest BCUT2D eigenvalue weighted by molar-refractivity contribution is -0.136. The maximum absolute atomic E-state index is 12.1. The van der Waals surface area contributed by atoms with Crippen molar-refractivity contribution in [2.24, 2.45) is 0 Å². The van der Waals surface area contributed by atoms with Crippen LogP contribution in [-0.4, -0.2) is 35.8 Å². The predicted octanol–water partition coefficient (Wildman–Crippen LogP) is 2.28. The topological polar surface area (TPSA) is 46.6 Å². The van der Waals surface area contributed by atoms with E-state index in [0.717, 1.165) is 25.9 Å². The van der Waals surface area contributed by atoms with Crippen molar-refractivity contribution in [1.29, 1.82) is 0 Å². The molecule has 1 aromatic carbocycles. The summed E-state index contributed by atoms with van der Waals surface area (Å²) in [6, 6.07) is 6.88. The Morgan fingerprint density at radius 2 is 1.74 bits per heavy atom. The predicted molar refractivity (Wildman–Crippen MR) is 72.4 cm³/mol. The highest BCUT2D eigenvalue weighted by Crippen LogP contribution is 2.16. The fourth-order valence-electron chi connectivity index (χ4n) is 2.22. The highest BCUT2D eigenvalue weighted by Gasteiger charge is 2.24. The summed E-state index contributed by atoms with van der Waals surface area (Å²) < 4.78 is 5.62. The second kappa shape index (κ2) is 5.87. The minimum Gasteiger partial charge on any atom is -0.481 e. The molecule has 4 heteroatoms. The fraction of sp³-hybridized carbons (Fsp3) is 0.467. The molecule has 1 atom stereocenters. The summed E-state index contributed by atoms with van der Waals surface area (Å²) in [5, 5.41) is 0. The molecule has 102 valence electrons. The number of rotatable bonds is 4. The molecule has 1 aliphatic heterocycles. The number of hydrogen-bond acceptors (Lipinski definition) is 3. The van der Waals surface area contributed by atoms with Gasteiger partial charge in [0.1, 0.15) is 5.75 Å². The molecular formula is C15H19NO3. The zero-order valence-electron chi connectivity index (χ0n) is 11.4. The van der Waals surface area contributed by atoms with Crippen LogP contribution in [0.15, 0.2) is 24.3 Å². The highest BCUT2D eigenvalue weighted by atomic mass is 16.5. The molecule has 1 unspecified atom stereocenters. The lowest BCUT2D eigenvalue weighted by atomic mass is 10.1. The van der Waals surface area contributed by atoms with Gasteiger partial charge in [0.15, 0.2) is 11.9 Å². The van der Waals surface area contributed by atoms with Crippen molar-refractivity contribution in [1.82, 2.24) is 4.90 Å². The molecule has 19 heavy (non-hydrogen) atoms. The molecule has 1 fully saturated rings. The van der Waals surface area contributed by atoms with Crippen LogP contribution in [0.3, 0.4) is 0 Å². The monoisotopic (exact) mass is 261 g/mol. The SMILES string of the molecule is CC(=O)c1ccc(OC(C)C(=O)N2CCCC2)cc1. The van der Waals surface area contributed by atoms with E-state index in [0.29, 0.717) is 11.3 Å². The van der Waals surface area contributed by atoms with Gasteiger partial charge in [-0.05, 0) is 51.0 Å².